The molecule has 18 heavy (non-hydrogen) atoms. The molecule has 0 aliphatic carbocycles. The number of rotatable bonds is 5. The molecule has 2 rings (SSSR count). The van der Waals surface area contributed by atoms with E-state index in [1.165, 1.54) is 0 Å². The van der Waals surface area contributed by atoms with Crippen molar-refractivity contribution in [2.45, 2.75) is 6.42 Å². The molecular weight excluding hydrogens is 228 g/mol. The summed E-state index contributed by atoms with van der Waals surface area (Å²) in [6.45, 7) is 0.357. The first kappa shape index (κ1) is 12.1. The number of amides is 1. The van der Waals surface area contributed by atoms with Crippen LogP contribution in [-0.2, 0) is 4.79 Å². The van der Waals surface area contributed by atoms with E-state index in [4.69, 9.17) is 4.74 Å². The summed E-state index contributed by atoms with van der Waals surface area (Å²) < 4.78 is 5.44. The Kier molecular flexibility index (Phi) is 4.30. The highest BCUT2D eigenvalue weighted by atomic mass is 16.5. The van der Waals surface area contributed by atoms with Gasteiger partial charge in [0.15, 0.2) is 0 Å². The van der Waals surface area contributed by atoms with Crippen LogP contribution in [0.3, 0.4) is 0 Å². The lowest BCUT2D eigenvalue weighted by Gasteiger charge is -2.06. The van der Waals surface area contributed by atoms with E-state index in [1.807, 2.05) is 30.3 Å². The lowest BCUT2D eigenvalue weighted by Crippen LogP contribution is -2.15. The maximum atomic E-state index is 11.6. The SMILES string of the molecule is O=C(CCOc1ccccc1)Nc1cccnc1. The number of hydrogen-bond donors (Lipinski definition) is 1. The lowest BCUT2D eigenvalue weighted by molar-refractivity contribution is -0.116. The predicted molar refractivity (Wildman–Crippen MR) is 69.4 cm³/mol. The molecule has 1 heterocycles. The van der Waals surface area contributed by atoms with Gasteiger partial charge in [-0.25, -0.2) is 0 Å². The predicted octanol–water partition coefficient (Wildman–Crippen LogP) is 2.49. The number of anilines is 1. The van der Waals surface area contributed by atoms with Crippen molar-refractivity contribution in [1.82, 2.24) is 4.98 Å². The summed E-state index contributed by atoms with van der Waals surface area (Å²) in [5, 5.41) is 2.75. The molecule has 1 aromatic carbocycles. The van der Waals surface area contributed by atoms with Gasteiger partial charge < -0.3 is 10.1 Å². The van der Waals surface area contributed by atoms with E-state index >= 15 is 0 Å². The normalized spacial score (nSPS) is 9.78. The molecule has 4 heteroatoms. The number of nitrogens with zero attached hydrogens (tertiary/aromatic N) is 1. The van der Waals surface area contributed by atoms with Crippen LogP contribution in [0.15, 0.2) is 54.9 Å². The summed E-state index contributed by atoms with van der Waals surface area (Å²) in [6, 6.07) is 13.0. The smallest absolute Gasteiger partial charge is 0.227 e. The minimum absolute atomic E-state index is 0.0843. The first-order valence-corrected chi connectivity index (χ1v) is 5.72. The molecule has 1 N–H and O–H groups in total. The molecule has 0 unspecified atom stereocenters. The average molecular weight is 242 g/mol. The number of para-hydroxylation sites is 1. The van der Waals surface area contributed by atoms with Gasteiger partial charge >= 0.3 is 0 Å². The second-order valence-electron chi connectivity index (χ2n) is 3.70. The number of hydrogen-bond acceptors (Lipinski definition) is 3. The molecule has 0 radical (unpaired) electrons. The summed E-state index contributed by atoms with van der Waals surface area (Å²) in [5.74, 6) is 0.686. The van der Waals surface area contributed by atoms with Crippen molar-refractivity contribution in [2.75, 3.05) is 11.9 Å². The van der Waals surface area contributed by atoms with Crippen LogP contribution in [0, 0.1) is 0 Å². The Morgan fingerprint density at radius 2 is 2.00 bits per heavy atom. The van der Waals surface area contributed by atoms with Gasteiger partial charge in [-0.3, -0.25) is 9.78 Å². The van der Waals surface area contributed by atoms with Crippen LogP contribution in [0.1, 0.15) is 6.42 Å². The highest BCUT2D eigenvalue weighted by molar-refractivity contribution is 5.90. The van der Waals surface area contributed by atoms with E-state index in [-0.39, 0.29) is 5.91 Å². The number of nitrogens with one attached hydrogen (secondary N) is 1. The van der Waals surface area contributed by atoms with Crippen LogP contribution in [-0.4, -0.2) is 17.5 Å². The van der Waals surface area contributed by atoms with Crippen LogP contribution in [0.4, 0.5) is 5.69 Å². The van der Waals surface area contributed by atoms with Gasteiger partial charge in [0.05, 0.1) is 24.9 Å². The number of pyridine rings is 1. The van der Waals surface area contributed by atoms with Gasteiger partial charge in [0.1, 0.15) is 5.75 Å². The van der Waals surface area contributed by atoms with E-state index in [9.17, 15) is 4.79 Å². The van der Waals surface area contributed by atoms with Gasteiger partial charge in [-0.1, -0.05) is 18.2 Å². The Bertz CT molecular complexity index is 486. The molecular formula is C14H14N2O2. The molecule has 2 aromatic rings. The van der Waals surface area contributed by atoms with Crippen molar-refractivity contribution in [2.24, 2.45) is 0 Å². The molecule has 0 aliphatic rings. The molecule has 0 spiro atoms. The van der Waals surface area contributed by atoms with Crippen LogP contribution < -0.4 is 10.1 Å². The fourth-order valence-electron chi connectivity index (χ4n) is 1.44. The van der Waals surface area contributed by atoms with Crippen LogP contribution in [0.25, 0.3) is 0 Å². The van der Waals surface area contributed by atoms with Gasteiger partial charge in [0.2, 0.25) is 5.91 Å². The van der Waals surface area contributed by atoms with Gasteiger partial charge in [-0.05, 0) is 24.3 Å². The maximum Gasteiger partial charge on any atom is 0.227 e. The molecule has 4 nitrogen and oxygen atoms in total. The van der Waals surface area contributed by atoms with Crippen molar-refractivity contribution in [1.29, 1.82) is 0 Å². The summed E-state index contributed by atoms with van der Waals surface area (Å²) in [7, 11) is 0. The minimum atomic E-state index is -0.0843. The highest BCUT2D eigenvalue weighted by Crippen LogP contribution is 2.09. The average Bonchev–Trinajstić information content (AvgIpc) is 2.41. The molecule has 1 amide bonds. The van der Waals surface area contributed by atoms with Gasteiger partial charge in [-0.15, -0.1) is 0 Å². The molecule has 0 bridgehead atoms. The topological polar surface area (TPSA) is 51.2 Å². The molecule has 1 aromatic heterocycles. The first-order valence-electron chi connectivity index (χ1n) is 5.72. The highest BCUT2D eigenvalue weighted by Gasteiger charge is 2.02. The summed E-state index contributed by atoms with van der Waals surface area (Å²) in [6.07, 6.45) is 3.58. The van der Waals surface area contributed by atoms with Gasteiger partial charge in [0, 0.05) is 6.20 Å². The standard InChI is InChI=1S/C14H14N2O2/c17-14(16-12-5-4-9-15-11-12)8-10-18-13-6-2-1-3-7-13/h1-7,9,11H,8,10H2,(H,16,17). The summed E-state index contributed by atoms with van der Waals surface area (Å²) >= 11 is 0. The Morgan fingerprint density at radius 1 is 1.17 bits per heavy atom. The molecule has 0 atom stereocenters. The zero-order valence-electron chi connectivity index (χ0n) is 9.87. The Balaban J connectivity index is 1.73. The Morgan fingerprint density at radius 3 is 2.72 bits per heavy atom. The molecule has 0 saturated heterocycles. The van der Waals surface area contributed by atoms with Crippen molar-refractivity contribution in [3.05, 3.63) is 54.9 Å². The van der Waals surface area contributed by atoms with Crippen LogP contribution in [0.5, 0.6) is 5.75 Å². The zero-order chi connectivity index (χ0) is 12.6. The number of ether oxygens (including phenoxy) is 1. The first-order chi connectivity index (χ1) is 8.84. The third-order valence-electron chi connectivity index (χ3n) is 2.29. The monoisotopic (exact) mass is 242 g/mol. The summed E-state index contributed by atoms with van der Waals surface area (Å²) in [4.78, 5) is 15.5. The van der Waals surface area contributed by atoms with Gasteiger partial charge in [0.25, 0.3) is 0 Å². The number of benzene rings is 1. The van der Waals surface area contributed by atoms with Gasteiger partial charge in [-0.2, -0.15) is 0 Å². The maximum absolute atomic E-state index is 11.6. The minimum Gasteiger partial charge on any atom is -0.493 e. The molecule has 0 saturated carbocycles. The summed E-state index contributed by atoms with van der Waals surface area (Å²) in [5.41, 5.74) is 0.696. The second-order valence-corrected chi connectivity index (χ2v) is 3.70. The van der Waals surface area contributed by atoms with E-state index in [0.29, 0.717) is 18.7 Å². The largest absolute Gasteiger partial charge is 0.493 e. The van der Waals surface area contributed by atoms with Crippen LogP contribution in [0.2, 0.25) is 0 Å². The van der Waals surface area contributed by atoms with E-state index in [2.05, 4.69) is 10.3 Å². The molecule has 92 valence electrons. The van der Waals surface area contributed by atoms with Crippen molar-refractivity contribution >= 4 is 11.6 Å². The third kappa shape index (κ3) is 3.90. The molecule has 0 fully saturated rings. The van der Waals surface area contributed by atoms with Crippen LogP contribution >= 0.6 is 0 Å². The fraction of sp³-hybridized carbons (Fsp3) is 0.143. The van der Waals surface area contributed by atoms with Crippen molar-refractivity contribution < 1.29 is 9.53 Å². The Hall–Kier alpha value is -2.36. The van der Waals surface area contributed by atoms with Crippen molar-refractivity contribution in [3.63, 3.8) is 0 Å². The third-order valence-corrected chi connectivity index (χ3v) is 2.29. The fourth-order valence-corrected chi connectivity index (χ4v) is 1.44. The second kappa shape index (κ2) is 6.39. The Labute approximate surface area is 106 Å². The number of aromatic nitrogens is 1. The van der Waals surface area contributed by atoms with E-state index < -0.39 is 0 Å². The quantitative estimate of drug-likeness (QED) is 0.876. The van der Waals surface area contributed by atoms with E-state index in [1.54, 1.807) is 24.5 Å². The number of carbonyl (C=O) groups is 1. The number of carbonyl (C=O) groups excluding carboxylic acids is 1. The lowest BCUT2D eigenvalue weighted by atomic mass is 10.3. The molecule has 0 aliphatic heterocycles. The zero-order valence-corrected chi connectivity index (χ0v) is 9.87. The van der Waals surface area contributed by atoms with Crippen molar-refractivity contribution in [3.8, 4) is 5.75 Å². The van der Waals surface area contributed by atoms with E-state index in [0.717, 1.165) is 5.75 Å².